The van der Waals surface area contributed by atoms with E-state index in [1.165, 1.54) is 11.8 Å². The molecule has 1 amide bonds. The zero-order valence-electron chi connectivity index (χ0n) is 14.7. The minimum atomic E-state index is -0.384. The van der Waals surface area contributed by atoms with Crippen LogP contribution in [0.4, 0.5) is 0 Å². The third-order valence-electron chi connectivity index (χ3n) is 3.67. The SMILES string of the molecule is COc1ccc(C)cc1-n1nnnc1SC(C)C(=O)NCc1ccco1. The van der Waals surface area contributed by atoms with Crippen molar-refractivity contribution >= 4 is 17.7 Å². The van der Waals surface area contributed by atoms with Crippen LogP contribution in [0.15, 0.2) is 46.2 Å². The minimum absolute atomic E-state index is 0.128. The van der Waals surface area contributed by atoms with Gasteiger partial charge in [0.2, 0.25) is 11.1 Å². The van der Waals surface area contributed by atoms with E-state index < -0.39 is 0 Å². The van der Waals surface area contributed by atoms with E-state index in [1.54, 1.807) is 31.0 Å². The van der Waals surface area contributed by atoms with Gasteiger partial charge in [0, 0.05) is 0 Å². The second-order valence-corrected chi connectivity index (χ2v) is 6.91. The van der Waals surface area contributed by atoms with Crippen molar-refractivity contribution in [3.8, 4) is 11.4 Å². The number of aryl methyl sites for hydroxylation is 1. The Hall–Kier alpha value is -2.81. The maximum Gasteiger partial charge on any atom is 0.233 e. The molecule has 136 valence electrons. The summed E-state index contributed by atoms with van der Waals surface area (Å²) in [7, 11) is 1.59. The fourth-order valence-corrected chi connectivity index (χ4v) is 3.14. The highest BCUT2D eigenvalue weighted by molar-refractivity contribution is 8.00. The Bertz CT molecular complexity index is 878. The first kappa shape index (κ1) is 18.0. The number of methoxy groups -OCH3 is 1. The first-order valence-corrected chi connectivity index (χ1v) is 8.86. The third-order valence-corrected chi connectivity index (χ3v) is 4.70. The molecule has 0 saturated heterocycles. The van der Waals surface area contributed by atoms with Crippen LogP contribution in [0.25, 0.3) is 5.69 Å². The largest absolute Gasteiger partial charge is 0.494 e. The molecule has 0 fully saturated rings. The van der Waals surface area contributed by atoms with Gasteiger partial charge in [-0.2, -0.15) is 4.68 Å². The van der Waals surface area contributed by atoms with Crippen LogP contribution in [0.1, 0.15) is 18.2 Å². The quantitative estimate of drug-likeness (QED) is 0.635. The number of tetrazole rings is 1. The second kappa shape index (κ2) is 8.05. The number of nitrogens with zero attached hydrogens (tertiary/aromatic N) is 4. The molecular formula is C17H19N5O3S. The summed E-state index contributed by atoms with van der Waals surface area (Å²) in [5, 5.41) is 14.8. The van der Waals surface area contributed by atoms with Gasteiger partial charge in [0.25, 0.3) is 0 Å². The van der Waals surface area contributed by atoms with Gasteiger partial charge < -0.3 is 14.5 Å². The third kappa shape index (κ3) is 4.05. The van der Waals surface area contributed by atoms with Gasteiger partial charge >= 0.3 is 0 Å². The number of carbonyl (C=O) groups is 1. The lowest BCUT2D eigenvalue weighted by molar-refractivity contribution is -0.120. The summed E-state index contributed by atoms with van der Waals surface area (Å²) in [6.45, 7) is 4.12. The molecule has 0 saturated carbocycles. The summed E-state index contributed by atoms with van der Waals surface area (Å²) in [6, 6.07) is 9.33. The fourth-order valence-electron chi connectivity index (χ4n) is 2.31. The van der Waals surface area contributed by atoms with Crippen LogP contribution >= 0.6 is 11.8 Å². The smallest absolute Gasteiger partial charge is 0.233 e. The van der Waals surface area contributed by atoms with Crippen molar-refractivity contribution in [2.24, 2.45) is 0 Å². The molecule has 1 aromatic carbocycles. The average Bonchev–Trinajstić information content (AvgIpc) is 3.31. The first-order valence-electron chi connectivity index (χ1n) is 7.98. The van der Waals surface area contributed by atoms with Gasteiger partial charge in [-0.1, -0.05) is 17.8 Å². The van der Waals surface area contributed by atoms with Crippen LogP contribution in [-0.4, -0.2) is 38.5 Å². The number of carbonyl (C=O) groups excluding carboxylic acids is 1. The maximum absolute atomic E-state index is 12.3. The van der Waals surface area contributed by atoms with Gasteiger partial charge in [-0.15, -0.1) is 5.10 Å². The van der Waals surface area contributed by atoms with Crippen LogP contribution in [0, 0.1) is 6.92 Å². The van der Waals surface area contributed by atoms with Crippen molar-refractivity contribution < 1.29 is 13.9 Å². The zero-order valence-corrected chi connectivity index (χ0v) is 15.5. The molecule has 0 aliphatic carbocycles. The fraction of sp³-hybridized carbons (Fsp3) is 0.294. The number of amides is 1. The van der Waals surface area contributed by atoms with Crippen molar-refractivity contribution in [2.45, 2.75) is 30.8 Å². The molecule has 9 heteroatoms. The molecule has 0 bridgehead atoms. The molecule has 3 rings (SSSR count). The Morgan fingerprint density at radius 1 is 1.42 bits per heavy atom. The van der Waals surface area contributed by atoms with Gasteiger partial charge in [-0.25, -0.2) is 0 Å². The maximum atomic E-state index is 12.3. The first-order chi connectivity index (χ1) is 12.6. The number of rotatable bonds is 7. The molecule has 8 nitrogen and oxygen atoms in total. The summed E-state index contributed by atoms with van der Waals surface area (Å²) in [5.41, 5.74) is 1.78. The highest BCUT2D eigenvalue weighted by Gasteiger charge is 2.20. The number of furan rings is 1. The van der Waals surface area contributed by atoms with Crippen LogP contribution in [0.2, 0.25) is 0 Å². The highest BCUT2D eigenvalue weighted by atomic mass is 32.2. The van der Waals surface area contributed by atoms with Gasteiger partial charge in [-0.3, -0.25) is 4.79 Å². The lowest BCUT2D eigenvalue weighted by Crippen LogP contribution is -2.30. The molecule has 0 aliphatic heterocycles. The Morgan fingerprint density at radius 3 is 3.00 bits per heavy atom. The van der Waals surface area contributed by atoms with Crippen molar-refractivity contribution in [3.63, 3.8) is 0 Å². The summed E-state index contributed by atoms with van der Waals surface area (Å²) in [4.78, 5) is 12.3. The number of benzene rings is 1. The van der Waals surface area contributed by atoms with Crippen LogP contribution < -0.4 is 10.1 Å². The van der Waals surface area contributed by atoms with Crippen molar-refractivity contribution in [2.75, 3.05) is 7.11 Å². The molecule has 2 heterocycles. The summed E-state index contributed by atoms with van der Waals surface area (Å²) in [5.74, 6) is 1.22. The Balaban J connectivity index is 1.72. The zero-order chi connectivity index (χ0) is 18.5. The monoisotopic (exact) mass is 373 g/mol. The van der Waals surface area contributed by atoms with Gasteiger partial charge in [0.1, 0.15) is 17.2 Å². The lowest BCUT2D eigenvalue weighted by atomic mass is 10.2. The highest BCUT2D eigenvalue weighted by Crippen LogP contribution is 2.28. The van der Waals surface area contributed by atoms with E-state index in [9.17, 15) is 4.79 Å². The Labute approximate surface area is 154 Å². The van der Waals surface area contributed by atoms with Crippen LogP contribution in [0.5, 0.6) is 5.75 Å². The summed E-state index contributed by atoms with van der Waals surface area (Å²) in [6.07, 6.45) is 1.57. The standard InChI is InChI=1S/C17H19N5O3S/c1-11-6-7-15(24-3)14(9-11)22-17(19-20-21-22)26-12(2)16(23)18-10-13-5-4-8-25-13/h4-9,12H,10H2,1-3H3,(H,18,23). The molecule has 0 spiro atoms. The summed E-state index contributed by atoms with van der Waals surface area (Å²) < 4.78 is 12.2. The van der Waals surface area contributed by atoms with Gasteiger partial charge in [0.05, 0.1) is 25.2 Å². The normalized spacial score (nSPS) is 12.0. The molecule has 0 aliphatic rings. The van der Waals surface area contributed by atoms with Crippen molar-refractivity contribution in [3.05, 3.63) is 47.9 Å². The molecule has 1 atom stereocenters. The van der Waals surface area contributed by atoms with E-state index in [1.807, 2.05) is 31.2 Å². The van der Waals surface area contributed by atoms with Crippen LogP contribution in [-0.2, 0) is 11.3 Å². The Kier molecular flexibility index (Phi) is 5.57. The lowest BCUT2D eigenvalue weighted by Gasteiger charge is -2.13. The Morgan fingerprint density at radius 2 is 2.27 bits per heavy atom. The number of hydrogen-bond donors (Lipinski definition) is 1. The van der Waals surface area contributed by atoms with E-state index in [0.29, 0.717) is 23.2 Å². The molecule has 3 aromatic rings. The second-order valence-electron chi connectivity index (χ2n) is 5.61. The predicted octanol–water partition coefficient (Wildman–Crippen LogP) is 2.37. The summed E-state index contributed by atoms with van der Waals surface area (Å²) >= 11 is 1.27. The topological polar surface area (TPSA) is 95.1 Å². The molecular weight excluding hydrogens is 354 g/mol. The number of nitrogens with one attached hydrogen (secondary N) is 1. The van der Waals surface area contributed by atoms with E-state index in [-0.39, 0.29) is 11.2 Å². The number of hydrogen-bond acceptors (Lipinski definition) is 7. The van der Waals surface area contributed by atoms with Gasteiger partial charge in [-0.05, 0) is 54.1 Å². The van der Waals surface area contributed by atoms with Crippen molar-refractivity contribution in [1.82, 2.24) is 25.5 Å². The van der Waals surface area contributed by atoms with E-state index in [2.05, 4.69) is 20.8 Å². The van der Waals surface area contributed by atoms with E-state index in [4.69, 9.17) is 9.15 Å². The minimum Gasteiger partial charge on any atom is -0.494 e. The molecule has 1 N–H and O–H groups in total. The number of ether oxygens (including phenoxy) is 1. The molecule has 2 aromatic heterocycles. The van der Waals surface area contributed by atoms with Crippen LogP contribution in [0.3, 0.4) is 0 Å². The van der Waals surface area contributed by atoms with E-state index in [0.717, 1.165) is 11.3 Å². The molecule has 0 radical (unpaired) electrons. The van der Waals surface area contributed by atoms with Gasteiger partial charge in [0.15, 0.2) is 0 Å². The number of thioether (sulfide) groups is 1. The molecule has 26 heavy (non-hydrogen) atoms. The van der Waals surface area contributed by atoms with Crippen molar-refractivity contribution in [1.29, 1.82) is 0 Å². The number of aromatic nitrogens is 4. The molecule has 1 unspecified atom stereocenters. The average molecular weight is 373 g/mol. The predicted molar refractivity (Wildman–Crippen MR) is 96.3 cm³/mol. The van der Waals surface area contributed by atoms with E-state index >= 15 is 0 Å².